The van der Waals surface area contributed by atoms with E-state index in [0.717, 1.165) is 5.56 Å². The standard InChI is InChI=1S/C15H10ClN3O2/c16-12-5-1-3-10(7-12)15(20)18-14-8-13(19-21-14)11-4-2-6-17-9-11/h1-9H,(H,18,20). The van der Waals surface area contributed by atoms with Gasteiger partial charge in [-0.2, -0.15) is 0 Å². The van der Waals surface area contributed by atoms with E-state index >= 15 is 0 Å². The summed E-state index contributed by atoms with van der Waals surface area (Å²) in [5, 5.41) is 7.02. The van der Waals surface area contributed by atoms with Gasteiger partial charge in [0.05, 0.1) is 0 Å². The smallest absolute Gasteiger partial charge is 0.258 e. The molecule has 0 aliphatic heterocycles. The van der Waals surface area contributed by atoms with Gasteiger partial charge in [0, 0.05) is 34.6 Å². The highest BCUT2D eigenvalue weighted by Crippen LogP contribution is 2.21. The monoisotopic (exact) mass is 299 g/mol. The Labute approximate surface area is 125 Å². The molecule has 0 unspecified atom stereocenters. The predicted molar refractivity (Wildman–Crippen MR) is 79.1 cm³/mol. The lowest BCUT2D eigenvalue weighted by atomic mass is 10.2. The van der Waals surface area contributed by atoms with Crippen molar-refractivity contribution >= 4 is 23.4 Å². The summed E-state index contributed by atoms with van der Waals surface area (Å²) in [5.41, 5.74) is 1.86. The zero-order valence-electron chi connectivity index (χ0n) is 10.8. The highest BCUT2D eigenvalue weighted by Gasteiger charge is 2.11. The molecule has 1 amide bonds. The minimum absolute atomic E-state index is 0.263. The summed E-state index contributed by atoms with van der Waals surface area (Å²) < 4.78 is 5.10. The second-order valence-electron chi connectivity index (χ2n) is 4.28. The van der Waals surface area contributed by atoms with Crippen molar-refractivity contribution in [3.63, 3.8) is 0 Å². The van der Waals surface area contributed by atoms with E-state index in [1.165, 1.54) is 0 Å². The first-order chi connectivity index (χ1) is 10.2. The number of rotatable bonds is 3. The van der Waals surface area contributed by atoms with Gasteiger partial charge in [-0.05, 0) is 30.3 Å². The van der Waals surface area contributed by atoms with Crippen molar-refractivity contribution in [3.05, 3.63) is 65.4 Å². The molecular weight excluding hydrogens is 290 g/mol. The van der Waals surface area contributed by atoms with Crippen LogP contribution in [0, 0.1) is 0 Å². The number of benzene rings is 1. The van der Waals surface area contributed by atoms with Crippen LogP contribution in [0.15, 0.2) is 59.4 Å². The maximum Gasteiger partial charge on any atom is 0.258 e. The third kappa shape index (κ3) is 3.09. The quantitative estimate of drug-likeness (QED) is 0.801. The number of carbonyl (C=O) groups excluding carboxylic acids is 1. The number of anilines is 1. The van der Waals surface area contributed by atoms with Crippen LogP contribution in [0.1, 0.15) is 10.4 Å². The van der Waals surface area contributed by atoms with Gasteiger partial charge < -0.3 is 4.52 Å². The molecule has 6 heteroatoms. The molecule has 0 atom stereocenters. The Morgan fingerprint density at radius 2 is 2.10 bits per heavy atom. The molecule has 21 heavy (non-hydrogen) atoms. The minimum Gasteiger partial charge on any atom is -0.338 e. The van der Waals surface area contributed by atoms with Gasteiger partial charge in [0.25, 0.3) is 5.91 Å². The molecule has 3 aromatic rings. The van der Waals surface area contributed by atoms with Crippen LogP contribution in [0.25, 0.3) is 11.3 Å². The highest BCUT2D eigenvalue weighted by molar-refractivity contribution is 6.31. The van der Waals surface area contributed by atoms with Gasteiger partial charge in [0.1, 0.15) is 5.69 Å². The van der Waals surface area contributed by atoms with E-state index in [2.05, 4.69) is 15.5 Å². The van der Waals surface area contributed by atoms with E-state index in [1.807, 2.05) is 6.07 Å². The average Bonchev–Trinajstić information content (AvgIpc) is 2.97. The topological polar surface area (TPSA) is 68.0 Å². The molecule has 0 aliphatic carbocycles. The van der Waals surface area contributed by atoms with Crippen molar-refractivity contribution in [2.24, 2.45) is 0 Å². The molecular formula is C15H10ClN3O2. The van der Waals surface area contributed by atoms with Gasteiger partial charge in [0.15, 0.2) is 0 Å². The van der Waals surface area contributed by atoms with Crippen molar-refractivity contribution in [3.8, 4) is 11.3 Å². The number of carbonyl (C=O) groups is 1. The molecule has 0 saturated heterocycles. The van der Waals surface area contributed by atoms with E-state index in [-0.39, 0.29) is 11.8 Å². The van der Waals surface area contributed by atoms with Crippen LogP contribution < -0.4 is 5.32 Å². The minimum atomic E-state index is -0.314. The first-order valence-corrected chi connectivity index (χ1v) is 6.54. The van der Waals surface area contributed by atoms with Crippen molar-refractivity contribution < 1.29 is 9.32 Å². The molecule has 0 aliphatic rings. The van der Waals surface area contributed by atoms with Gasteiger partial charge in [-0.15, -0.1) is 0 Å². The molecule has 2 aromatic heterocycles. The van der Waals surface area contributed by atoms with E-state index in [4.69, 9.17) is 16.1 Å². The molecule has 0 bridgehead atoms. The van der Waals surface area contributed by atoms with Crippen molar-refractivity contribution in [2.45, 2.75) is 0 Å². The fourth-order valence-corrected chi connectivity index (χ4v) is 1.99. The normalized spacial score (nSPS) is 10.3. The Hall–Kier alpha value is -2.66. The fourth-order valence-electron chi connectivity index (χ4n) is 1.80. The van der Waals surface area contributed by atoms with E-state index in [0.29, 0.717) is 16.3 Å². The fraction of sp³-hybridized carbons (Fsp3) is 0. The van der Waals surface area contributed by atoms with Crippen LogP contribution in [-0.2, 0) is 0 Å². The summed E-state index contributed by atoms with van der Waals surface area (Å²) in [6.07, 6.45) is 3.34. The predicted octanol–water partition coefficient (Wildman–Crippen LogP) is 3.64. The summed E-state index contributed by atoms with van der Waals surface area (Å²) >= 11 is 5.85. The van der Waals surface area contributed by atoms with E-state index < -0.39 is 0 Å². The lowest BCUT2D eigenvalue weighted by Crippen LogP contribution is -2.11. The van der Waals surface area contributed by atoms with Crippen LogP contribution in [-0.4, -0.2) is 16.0 Å². The number of aromatic nitrogens is 2. The van der Waals surface area contributed by atoms with Crippen molar-refractivity contribution in [1.82, 2.24) is 10.1 Å². The van der Waals surface area contributed by atoms with Gasteiger partial charge in [-0.3, -0.25) is 15.1 Å². The van der Waals surface area contributed by atoms with Crippen LogP contribution in [0.5, 0.6) is 0 Å². The molecule has 0 saturated carbocycles. The molecule has 1 N–H and O–H groups in total. The molecule has 2 heterocycles. The molecule has 0 spiro atoms. The number of nitrogens with zero attached hydrogens (tertiary/aromatic N) is 2. The molecule has 3 rings (SSSR count). The number of hydrogen-bond donors (Lipinski definition) is 1. The largest absolute Gasteiger partial charge is 0.338 e. The average molecular weight is 300 g/mol. The van der Waals surface area contributed by atoms with E-state index in [9.17, 15) is 4.79 Å². The van der Waals surface area contributed by atoms with Gasteiger partial charge in [-0.25, -0.2) is 0 Å². The Kier molecular flexibility index (Phi) is 3.66. The van der Waals surface area contributed by atoms with Gasteiger partial charge in [-0.1, -0.05) is 22.8 Å². The zero-order valence-corrected chi connectivity index (χ0v) is 11.5. The molecule has 0 fully saturated rings. The van der Waals surface area contributed by atoms with E-state index in [1.54, 1.807) is 48.8 Å². The first-order valence-electron chi connectivity index (χ1n) is 6.16. The number of amides is 1. The summed E-state index contributed by atoms with van der Waals surface area (Å²) in [4.78, 5) is 16.0. The van der Waals surface area contributed by atoms with Crippen LogP contribution in [0.3, 0.4) is 0 Å². The maximum absolute atomic E-state index is 12.0. The highest BCUT2D eigenvalue weighted by atomic mass is 35.5. The summed E-state index contributed by atoms with van der Waals surface area (Å²) in [6, 6.07) is 11.9. The van der Waals surface area contributed by atoms with Crippen LogP contribution >= 0.6 is 11.6 Å². The lowest BCUT2D eigenvalue weighted by Gasteiger charge is -2.00. The number of nitrogens with one attached hydrogen (secondary N) is 1. The van der Waals surface area contributed by atoms with Crippen LogP contribution in [0.2, 0.25) is 5.02 Å². The Morgan fingerprint density at radius 3 is 2.86 bits per heavy atom. The molecule has 104 valence electrons. The first kappa shape index (κ1) is 13.3. The number of pyridine rings is 1. The van der Waals surface area contributed by atoms with Crippen LogP contribution in [0.4, 0.5) is 5.88 Å². The van der Waals surface area contributed by atoms with Crippen molar-refractivity contribution in [2.75, 3.05) is 5.32 Å². The Bertz CT molecular complexity index is 771. The SMILES string of the molecule is O=C(Nc1cc(-c2cccnc2)no1)c1cccc(Cl)c1. The second-order valence-corrected chi connectivity index (χ2v) is 4.72. The number of halogens is 1. The summed E-state index contributed by atoms with van der Waals surface area (Å²) in [6.45, 7) is 0. The maximum atomic E-state index is 12.0. The van der Waals surface area contributed by atoms with Crippen molar-refractivity contribution in [1.29, 1.82) is 0 Å². The number of hydrogen-bond acceptors (Lipinski definition) is 4. The van der Waals surface area contributed by atoms with Gasteiger partial charge >= 0.3 is 0 Å². The zero-order chi connectivity index (χ0) is 14.7. The third-order valence-corrected chi connectivity index (χ3v) is 3.03. The third-order valence-electron chi connectivity index (χ3n) is 2.79. The molecule has 0 radical (unpaired) electrons. The lowest BCUT2D eigenvalue weighted by molar-refractivity contribution is 0.102. The summed E-state index contributed by atoms with van der Waals surface area (Å²) in [5.74, 6) is -0.0507. The Balaban J connectivity index is 1.77. The Morgan fingerprint density at radius 1 is 1.19 bits per heavy atom. The molecule has 5 nitrogen and oxygen atoms in total. The van der Waals surface area contributed by atoms with Gasteiger partial charge in [0.2, 0.25) is 5.88 Å². The summed E-state index contributed by atoms with van der Waals surface area (Å²) in [7, 11) is 0. The molecule has 1 aromatic carbocycles. The second kappa shape index (κ2) is 5.76.